The van der Waals surface area contributed by atoms with Crippen LogP contribution < -0.4 is 9.64 Å². The molecule has 0 bridgehead atoms. The molecule has 0 saturated heterocycles. The summed E-state index contributed by atoms with van der Waals surface area (Å²) in [6.07, 6.45) is -1.36. The molecule has 26 heavy (non-hydrogen) atoms. The fourth-order valence-electron chi connectivity index (χ4n) is 3.02. The number of anilines is 1. The summed E-state index contributed by atoms with van der Waals surface area (Å²) in [5.41, 5.74) is 2.93. The number of para-hydroxylation sites is 2. The Balaban J connectivity index is 1.89. The lowest BCUT2D eigenvalue weighted by atomic mass is 9.86. The van der Waals surface area contributed by atoms with Gasteiger partial charge in [0.15, 0.2) is 6.10 Å². The number of carboxylic acid groups (broad SMARTS) is 1. The lowest BCUT2D eigenvalue weighted by molar-refractivity contribution is -0.142. The fourth-order valence-corrected chi connectivity index (χ4v) is 3.02. The molecule has 0 aromatic heterocycles. The second kappa shape index (κ2) is 6.83. The van der Waals surface area contributed by atoms with Crippen LogP contribution in [0.2, 0.25) is 0 Å². The second-order valence-corrected chi connectivity index (χ2v) is 7.54. The van der Waals surface area contributed by atoms with E-state index in [1.54, 1.807) is 11.0 Å². The number of aliphatic carboxylic acids is 1. The minimum absolute atomic E-state index is 0.0620. The molecule has 0 aliphatic carbocycles. The summed E-state index contributed by atoms with van der Waals surface area (Å²) in [7, 11) is 0. The van der Waals surface area contributed by atoms with E-state index >= 15 is 0 Å². The number of rotatable bonds is 4. The van der Waals surface area contributed by atoms with Crippen LogP contribution in [0.1, 0.15) is 38.3 Å². The summed E-state index contributed by atoms with van der Waals surface area (Å²) in [6, 6.07) is 15.4. The molecule has 0 radical (unpaired) electrons. The van der Waals surface area contributed by atoms with E-state index in [2.05, 4.69) is 32.9 Å². The normalized spacial score (nSPS) is 16.8. The summed E-state index contributed by atoms with van der Waals surface area (Å²) in [4.78, 5) is 25.5. The summed E-state index contributed by atoms with van der Waals surface area (Å²) in [6.45, 7) is 6.83. The van der Waals surface area contributed by atoms with Crippen molar-refractivity contribution in [3.05, 3.63) is 59.7 Å². The molecule has 1 atom stereocenters. The number of hydrogen-bond acceptors (Lipinski definition) is 3. The molecule has 0 saturated carbocycles. The van der Waals surface area contributed by atoms with Gasteiger partial charge >= 0.3 is 5.97 Å². The lowest BCUT2D eigenvalue weighted by Crippen LogP contribution is -2.46. The number of nitrogens with zero attached hydrogens (tertiary/aromatic N) is 1. The Morgan fingerprint density at radius 2 is 1.77 bits per heavy atom. The van der Waals surface area contributed by atoms with Crippen LogP contribution in [0.15, 0.2) is 48.5 Å². The minimum Gasteiger partial charge on any atom is -0.481 e. The summed E-state index contributed by atoms with van der Waals surface area (Å²) < 4.78 is 5.61. The number of carbonyl (C=O) groups excluding carboxylic acids is 1. The highest BCUT2D eigenvalue weighted by Crippen LogP contribution is 2.35. The molecule has 3 rings (SSSR count). The molecule has 5 nitrogen and oxygen atoms in total. The highest BCUT2D eigenvalue weighted by molar-refractivity contribution is 6.01. The zero-order valence-corrected chi connectivity index (χ0v) is 15.2. The van der Waals surface area contributed by atoms with Crippen molar-refractivity contribution in [2.75, 3.05) is 4.90 Å². The lowest BCUT2D eigenvalue weighted by Gasteiger charge is -2.34. The molecule has 0 spiro atoms. The number of benzene rings is 2. The number of carboxylic acids is 1. The number of hydrogen-bond donors (Lipinski definition) is 1. The Kier molecular flexibility index (Phi) is 4.72. The van der Waals surface area contributed by atoms with Crippen LogP contribution in [0.3, 0.4) is 0 Å². The molecule has 1 aliphatic rings. The molecular formula is C21H23NO4. The third kappa shape index (κ3) is 3.72. The first-order valence-corrected chi connectivity index (χ1v) is 8.64. The Labute approximate surface area is 153 Å². The Morgan fingerprint density at radius 3 is 2.38 bits per heavy atom. The van der Waals surface area contributed by atoms with Gasteiger partial charge in [-0.25, -0.2) is 0 Å². The van der Waals surface area contributed by atoms with Crippen molar-refractivity contribution in [2.24, 2.45) is 0 Å². The first-order chi connectivity index (χ1) is 12.3. The van der Waals surface area contributed by atoms with Gasteiger partial charge in [0.2, 0.25) is 0 Å². The van der Waals surface area contributed by atoms with Crippen LogP contribution >= 0.6 is 0 Å². The standard InChI is InChI=1S/C21H23NO4/c1-21(2,3)15-10-8-14(9-11-15)13-22-16-6-4-5-7-17(16)26-18(20(22)25)12-19(23)24/h4-11,18H,12-13H2,1-3H3,(H,23,24). The van der Waals surface area contributed by atoms with Crippen molar-refractivity contribution < 1.29 is 19.4 Å². The predicted octanol–water partition coefficient (Wildman–Crippen LogP) is 3.75. The minimum atomic E-state index is -1.06. The molecule has 136 valence electrons. The number of ether oxygens (including phenoxy) is 1. The molecule has 2 aromatic carbocycles. The quantitative estimate of drug-likeness (QED) is 0.909. The summed E-state index contributed by atoms with van der Waals surface area (Å²) in [5, 5.41) is 9.06. The van der Waals surface area contributed by atoms with E-state index in [-0.39, 0.29) is 17.7 Å². The molecule has 0 fully saturated rings. The van der Waals surface area contributed by atoms with E-state index in [4.69, 9.17) is 9.84 Å². The summed E-state index contributed by atoms with van der Waals surface area (Å²) >= 11 is 0. The first-order valence-electron chi connectivity index (χ1n) is 8.64. The molecule has 1 N–H and O–H groups in total. The number of fused-ring (bicyclic) bond motifs is 1. The molecular weight excluding hydrogens is 330 g/mol. The van der Waals surface area contributed by atoms with E-state index in [1.807, 2.05) is 30.3 Å². The average molecular weight is 353 g/mol. The molecule has 2 aromatic rings. The maximum Gasteiger partial charge on any atom is 0.307 e. The van der Waals surface area contributed by atoms with Crippen molar-refractivity contribution in [2.45, 2.75) is 45.3 Å². The Hall–Kier alpha value is -2.82. The van der Waals surface area contributed by atoms with Crippen molar-refractivity contribution in [3.63, 3.8) is 0 Å². The monoisotopic (exact) mass is 353 g/mol. The van der Waals surface area contributed by atoms with Crippen LogP contribution in [-0.2, 0) is 21.5 Å². The third-order valence-corrected chi connectivity index (χ3v) is 4.49. The topological polar surface area (TPSA) is 66.8 Å². The van der Waals surface area contributed by atoms with Gasteiger partial charge in [0.25, 0.3) is 5.91 Å². The molecule has 5 heteroatoms. The van der Waals surface area contributed by atoms with Crippen LogP contribution in [0.4, 0.5) is 5.69 Å². The third-order valence-electron chi connectivity index (χ3n) is 4.49. The highest BCUT2D eigenvalue weighted by Gasteiger charge is 2.35. The smallest absolute Gasteiger partial charge is 0.307 e. The zero-order valence-electron chi connectivity index (χ0n) is 15.2. The first kappa shape index (κ1) is 18.0. The van der Waals surface area contributed by atoms with Crippen LogP contribution in [0.25, 0.3) is 0 Å². The van der Waals surface area contributed by atoms with Gasteiger partial charge in [0.05, 0.1) is 18.7 Å². The van der Waals surface area contributed by atoms with Gasteiger partial charge < -0.3 is 14.7 Å². The van der Waals surface area contributed by atoms with Gasteiger partial charge in [-0.2, -0.15) is 0 Å². The average Bonchev–Trinajstić information content (AvgIpc) is 2.58. The van der Waals surface area contributed by atoms with Crippen LogP contribution in [0, 0.1) is 0 Å². The van der Waals surface area contributed by atoms with E-state index in [9.17, 15) is 9.59 Å². The molecule has 1 heterocycles. The Morgan fingerprint density at radius 1 is 1.12 bits per heavy atom. The number of amides is 1. The fraction of sp³-hybridized carbons (Fsp3) is 0.333. The van der Waals surface area contributed by atoms with E-state index in [0.717, 1.165) is 5.56 Å². The van der Waals surface area contributed by atoms with E-state index < -0.39 is 12.1 Å². The maximum atomic E-state index is 12.8. The van der Waals surface area contributed by atoms with Gasteiger partial charge in [-0.1, -0.05) is 57.2 Å². The van der Waals surface area contributed by atoms with Gasteiger partial charge in [-0.15, -0.1) is 0 Å². The van der Waals surface area contributed by atoms with Gasteiger partial charge in [-0.05, 0) is 28.7 Å². The van der Waals surface area contributed by atoms with Gasteiger partial charge in [-0.3, -0.25) is 9.59 Å². The predicted molar refractivity (Wildman–Crippen MR) is 99.4 cm³/mol. The van der Waals surface area contributed by atoms with E-state index in [0.29, 0.717) is 18.0 Å². The molecule has 1 aliphatic heterocycles. The molecule has 1 unspecified atom stereocenters. The SMILES string of the molecule is CC(C)(C)c1ccc(CN2C(=O)C(CC(=O)O)Oc3ccccc32)cc1. The zero-order chi connectivity index (χ0) is 18.9. The maximum absolute atomic E-state index is 12.8. The van der Waals surface area contributed by atoms with Gasteiger partial charge in [0, 0.05) is 0 Å². The van der Waals surface area contributed by atoms with Crippen LogP contribution in [-0.4, -0.2) is 23.1 Å². The van der Waals surface area contributed by atoms with Crippen molar-refractivity contribution in [1.82, 2.24) is 0 Å². The van der Waals surface area contributed by atoms with Crippen molar-refractivity contribution in [1.29, 1.82) is 0 Å². The van der Waals surface area contributed by atoms with Crippen molar-refractivity contribution >= 4 is 17.6 Å². The Bertz CT molecular complexity index is 821. The van der Waals surface area contributed by atoms with Crippen molar-refractivity contribution in [3.8, 4) is 5.75 Å². The van der Waals surface area contributed by atoms with Gasteiger partial charge in [0.1, 0.15) is 5.75 Å². The largest absolute Gasteiger partial charge is 0.481 e. The van der Waals surface area contributed by atoms with Crippen LogP contribution in [0.5, 0.6) is 5.75 Å². The number of carbonyl (C=O) groups is 2. The second-order valence-electron chi connectivity index (χ2n) is 7.54. The highest BCUT2D eigenvalue weighted by atomic mass is 16.5. The summed E-state index contributed by atoms with van der Waals surface area (Å²) in [5.74, 6) is -0.854. The van der Waals surface area contributed by atoms with E-state index in [1.165, 1.54) is 5.56 Å². The molecule has 1 amide bonds.